The molecular formula is C21H16O5. The zero-order valence-electron chi connectivity index (χ0n) is 13.8. The number of Topliss-reactive ketones (excluding diaryl/α,β-unsaturated/α-hetero) is 1. The van der Waals surface area contributed by atoms with Gasteiger partial charge in [0.1, 0.15) is 0 Å². The molecule has 2 aromatic rings. The number of allylic oxidation sites excluding steroid dienone is 2. The molecule has 2 aromatic carbocycles. The van der Waals surface area contributed by atoms with E-state index in [0.717, 1.165) is 0 Å². The lowest BCUT2D eigenvalue weighted by molar-refractivity contribution is -0.111. The topological polar surface area (TPSA) is 91.7 Å². The molecule has 2 N–H and O–H groups in total. The van der Waals surface area contributed by atoms with Crippen molar-refractivity contribution in [1.29, 1.82) is 0 Å². The number of benzene rings is 2. The number of rotatable bonds is 4. The third-order valence-corrected chi connectivity index (χ3v) is 4.20. The van der Waals surface area contributed by atoms with Crippen LogP contribution in [0.15, 0.2) is 59.7 Å². The normalized spacial score (nSPS) is 17.0. The maximum atomic E-state index is 12.6. The minimum absolute atomic E-state index is 0.0912. The molecule has 0 amide bonds. The fourth-order valence-electron chi connectivity index (χ4n) is 2.90. The third-order valence-electron chi connectivity index (χ3n) is 4.20. The second-order valence-electron chi connectivity index (χ2n) is 6.03. The highest BCUT2D eigenvalue weighted by molar-refractivity contribution is 6.15. The van der Waals surface area contributed by atoms with Crippen LogP contribution >= 0.6 is 0 Å². The Labute approximate surface area is 149 Å². The van der Waals surface area contributed by atoms with E-state index in [1.165, 1.54) is 24.3 Å². The molecule has 0 saturated heterocycles. The van der Waals surface area contributed by atoms with E-state index in [2.05, 4.69) is 0 Å². The van der Waals surface area contributed by atoms with Crippen molar-refractivity contribution in [3.05, 3.63) is 81.9 Å². The van der Waals surface area contributed by atoms with E-state index >= 15 is 0 Å². The molecule has 0 aromatic heterocycles. The van der Waals surface area contributed by atoms with Gasteiger partial charge in [0.25, 0.3) is 0 Å². The van der Waals surface area contributed by atoms with Gasteiger partial charge >= 0.3 is 11.9 Å². The van der Waals surface area contributed by atoms with Gasteiger partial charge in [0, 0.05) is 11.1 Å². The molecule has 0 bridgehead atoms. The van der Waals surface area contributed by atoms with Crippen LogP contribution in [0.4, 0.5) is 0 Å². The van der Waals surface area contributed by atoms with Crippen molar-refractivity contribution in [2.24, 2.45) is 0 Å². The Morgan fingerprint density at radius 2 is 1.19 bits per heavy atom. The van der Waals surface area contributed by atoms with E-state index in [1.807, 2.05) is 0 Å². The van der Waals surface area contributed by atoms with Gasteiger partial charge in [-0.25, -0.2) is 9.59 Å². The van der Waals surface area contributed by atoms with Crippen molar-refractivity contribution in [2.45, 2.75) is 12.8 Å². The van der Waals surface area contributed by atoms with E-state index in [1.54, 1.807) is 36.4 Å². The van der Waals surface area contributed by atoms with Crippen molar-refractivity contribution in [2.75, 3.05) is 0 Å². The van der Waals surface area contributed by atoms with E-state index in [4.69, 9.17) is 10.2 Å². The minimum Gasteiger partial charge on any atom is -0.478 e. The van der Waals surface area contributed by atoms with Crippen LogP contribution in [0, 0.1) is 0 Å². The van der Waals surface area contributed by atoms with Gasteiger partial charge in [-0.15, -0.1) is 0 Å². The van der Waals surface area contributed by atoms with Gasteiger partial charge < -0.3 is 10.2 Å². The monoisotopic (exact) mass is 348 g/mol. The molecule has 3 rings (SSSR count). The lowest BCUT2D eigenvalue weighted by Crippen LogP contribution is -1.98. The highest BCUT2D eigenvalue weighted by Crippen LogP contribution is 2.29. The summed E-state index contributed by atoms with van der Waals surface area (Å²) in [4.78, 5) is 34.7. The predicted molar refractivity (Wildman–Crippen MR) is 97.0 cm³/mol. The predicted octanol–water partition coefficient (Wildman–Crippen LogP) is 3.91. The zero-order valence-corrected chi connectivity index (χ0v) is 13.8. The summed E-state index contributed by atoms with van der Waals surface area (Å²) in [6, 6.07) is 12.9. The molecule has 1 fully saturated rings. The molecule has 0 spiro atoms. The number of carbonyl (C=O) groups excluding carboxylic acids is 1. The standard InChI is InChI=1S/C21H16O5/c22-19-15(9-13-3-1-5-17(11-13)20(23)24)7-8-16(19)10-14-4-2-6-18(12-14)21(25)26/h1-6,9-12H,7-8H2,(H,23,24)(H,25,26). The maximum absolute atomic E-state index is 12.6. The van der Waals surface area contributed by atoms with Crippen molar-refractivity contribution < 1.29 is 24.6 Å². The summed E-state index contributed by atoms with van der Waals surface area (Å²) in [5.74, 6) is -2.12. The summed E-state index contributed by atoms with van der Waals surface area (Å²) in [7, 11) is 0. The fraction of sp³-hybridized carbons (Fsp3) is 0.0952. The zero-order chi connectivity index (χ0) is 18.7. The number of hydrogen-bond donors (Lipinski definition) is 2. The average molecular weight is 348 g/mol. The molecule has 130 valence electrons. The smallest absolute Gasteiger partial charge is 0.335 e. The quantitative estimate of drug-likeness (QED) is 0.817. The first kappa shape index (κ1) is 17.4. The van der Waals surface area contributed by atoms with Crippen LogP contribution in [0.1, 0.15) is 44.7 Å². The largest absolute Gasteiger partial charge is 0.478 e. The Hall–Kier alpha value is -3.47. The van der Waals surface area contributed by atoms with Crippen molar-refractivity contribution in [3.8, 4) is 0 Å². The Kier molecular flexibility index (Phi) is 4.80. The molecule has 5 nitrogen and oxygen atoms in total. The van der Waals surface area contributed by atoms with Crippen molar-refractivity contribution >= 4 is 29.9 Å². The number of ketones is 1. The van der Waals surface area contributed by atoms with Crippen LogP contribution in [0.5, 0.6) is 0 Å². The lowest BCUT2D eigenvalue weighted by Gasteiger charge is -2.00. The van der Waals surface area contributed by atoms with E-state index in [-0.39, 0.29) is 16.9 Å². The highest BCUT2D eigenvalue weighted by Gasteiger charge is 2.23. The van der Waals surface area contributed by atoms with Gasteiger partial charge in [-0.1, -0.05) is 24.3 Å². The van der Waals surface area contributed by atoms with Crippen LogP contribution in [-0.4, -0.2) is 27.9 Å². The molecule has 0 heterocycles. The first-order valence-electron chi connectivity index (χ1n) is 8.06. The van der Waals surface area contributed by atoms with Crippen LogP contribution in [0.25, 0.3) is 12.2 Å². The van der Waals surface area contributed by atoms with Gasteiger partial charge in [-0.3, -0.25) is 4.79 Å². The molecule has 0 atom stereocenters. The van der Waals surface area contributed by atoms with Crippen molar-refractivity contribution in [1.82, 2.24) is 0 Å². The lowest BCUT2D eigenvalue weighted by atomic mass is 10.0. The molecule has 0 aliphatic heterocycles. The summed E-state index contributed by atoms with van der Waals surface area (Å²) < 4.78 is 0. The van der Waals surface area contributed by atoms with Crippen LogP contribution < -0.4 is 0 Å². The number of carboxylic acid groups (broad SMARTS) is 2. The van der Waals surface area contributed by atoms with Gasteiger partial charge in [0.15, 0.2) is 5.78 Å². The van der Waals surface area contributed by atoms with E-state index in [0.29, 0.717) is 35.1 Å². The summed E-state index contributed by atoms with van der Waals surface area (Å²) in [6.07, 6.45) is 4.56. The Bertz CT molecular complexity index is 888. The molecule has 0 radical (unpaired) electrons. The van der Waals surface area contributed by atoms with Crippen LogP contribution in [-0.2, 0) is 4.79 Å². The second-order valence-corrected chi connectivity index (χ2v) is 6.03. The van der Waals surface area contributed by atoms with Gasteiger partial charge in [-0.2, -0.15) is 0 Å². The summed E-state index contributed by atoms with van der Waals surface area (Å²) in [5.41, 5.74) is 2.92. The summed E-state index contributed by atoms with van der Waals surface area (Å²) >= 11 is 0. The first-order chi connectivity index (χ1) is 12.4. The number of carbonyl (C=O) groups is 3. The van der Waals surface area contributed by atoms with Crippen LogP contribution in [0.2, 0.25) is 0 Å². The number of carboxylic acids is 2. The fourth-order valence-corrected chi connectivity index (χ4v) is 2.90. The first-order valence-corrected chi connectivity index (χ1v) is 8.06. The Morgan fingerprint density at radius 1 is 0.769 bits per heavy atom. The summed E-state index contributed by atoms with van der Waals surface area (Å²) in [5, 5.41) is 18.1. The Morgan fingerprint density at radius 3 is 1.58 bits per heavy atom. The SMILES string of the molecule is O=C1C(=Cc2cccc(C(=O)O)c2)CCC1=Cc1cccc(C(=O)O)c1. The maximum Gasteiger partial charge on any atom is 0.335 e. The molecule has 26 heavy (non-hydrogen) atoms. The number of hydrogen-bond acceptors (Lipinski definition) is 3. The molecule has 1 aliphatic carbocycles. The van der Waals surface area contributed by atoms with Gasteiger partial charge in [0.2, 0.25) is 0 Å². The Balaban J connectivity index is 1.86. The summed E-state index contributed by atoms with van der Waals surface area (Å²) in [6.45, 7) is 0. The molecular weight excluding hydrogens is 332 g/mol. The average Bonchev–Trinajstić information content (AvgIpc) is 2.95. The third kappa shape index (κ3) is 3.78. The molecule has 5 heteroatoms. The highest BCUT2D eigenvalue weighted by atomic mass is 16.4. The molecule has 1 aliphatic rings. The van der Waals surface area contributed by atoms with E-state index < -0.39 is 11.9 Å². The van der Waals surface area contributed by atoms with Crippen LogP contribution in [0.3, 0.4) is 0 Å². The molecule has 1 saturated carbocycles. The molecule has 0 unspecified atom stereocenters. The van der Waals surface area contributed by atoms with Gasteiger partial charge in [0.05, 0.1) is 11.1 Å². The van der Waals surface area contributed by atoms with Gasteiger partial charge in [-0.05, 0) is 60.4 Å². The van der Waals surface area contributed by atoms with E-state index in [9.17, 15) is 14.4 Å². The second kappa shape index (κ2) is 7.19. The van der Waals surface area contributed by atoms with Crippen molar-refractivity contribution in [3.63, 3.8) is 0 Å². The number of aromatic carboxylic acids is 2. The minimum atomic E-state index is -1.01.